The molecule has 7 nitrogen and oxygen atoms in total. The molecule has 0 fully saturated rings. The molecule has 0 aliphatic heterocycles. The Kier molecular flexibility index (Phi) is 6.37. The van der Waals surface area contributed by atoms with E-state index in [0.717, 1.165) is 0 Å². The van der Waals surface area contributed by atoms with Crippen LogP contribution in [0.4, 0.5) is 5.69 Å². The van der Waals surface area contributed by atoms with Crippen LogP contribution in [-0.2, 0) is 11.3 Å². The zero-order valence-electron chi connectivity index (χ0n) is 13.4. The number of nitro groups is 1. The third-order valence-corrected chi connectivity index (χ3v) is 3.42. The van der Waals surface area contributed by atoms with Gasteiger partial charge in [0, 0.05) is 24.9 Å². The van der Waals surface area contributed by atoms with Gasteiger partial charge >= 0.3 is 0 Å². The number of carbonyl (C=O) groups excluding carboxylic acids is 1. The van der Waals surface area contributed by atoms with Crippen LogP contribution in [0.15, 0.2) is 54.7 Å². The van der Waals surface area contributed by atoms with Crippen molar-refractivity contribution in [3.63, 3.8) is 0 Å². The largest absolute Gasteiger partial charge is 0.332 e. The quantitative estimate of drug-likeness (QED) is 0.439. The van der Waals surface area contributed by atoms with Crippen LogP contribution in [0.2, 0.25) is 0 Å². The van der Waals surface area contributed by atoms with Crippen molar-refractivity contribution in [3.05, 3.63) is 76.1 Å². The summed E-state index contributed by atoms with van der Waals surface area (Å²) in [6, 6.07) is 13.6. The zero-order chi connectivity index (χ0) is 18.1. The van der Waals surface area contributed by atoms with Crippen LogP contribution in [0.3, 0.4) is 0 Å². The van der Waals surface area contributed by atoms with E-state index in [1.165, 1.54) is 23.1 Å². The summed E-state index contributed by atoms with van der Waals surface area (Å²) in [6.45, 7) is 0.524. The lowest BCUT2D eigenvalue weighted by Crippen LogP contribution is -2.30. The molecule has 0 saturated heterocycles. The Morgan fingerprint density at radius 2 is 2.04 bits per heavy atom. The van der Waals surface area contributed by atoms with Crippen LogP contribution in [-0.4, -0.2) is 27.3 Å². The Bertz CT molecular complexity index is 813. The van der Waals surface area contributed by atoms with Crippen LogP contribution >= 0.6 is 0 Å². The molecule has 1 heterocycles. The fourth-order valence-corrected chi connectivity index (χ4v) is 2.20. The van der Waals surface area contributed by atoms with Gasteiger partial charge < -0.3 is 4.90 Å². The maximum atomic E-state index is 12.4. The molecule has 0 saturated carbocycles. The maximum absolute atomic E-state index is 12.4. The molecule has 126 valence electrons. The molecule has 2 rings (SSSR count). The third-order valence-electron chi connectivity index (χ3n) is 3.42. The molecule has 1 aromatic heterocycles. The molecule has 1 aromatic carbocycles. The lowest BCUT2D eigenvalue weighted by atomic mass is 10.1. The predicted octanol–water partition coefficient (Wildman–Crippen LogP) is 2.95. The van der Waals surface area contributed by atoms with Crippen LogP contribution in [0.1, 0.15) is 17.7 Å². The van der Waals surface area contributed by atoms with Gasteiger partial charge in [-0.2, -0.15) is 5.26 Å². The summed E-state index contributed by atoms with van der Waals surface area (Å²) >= 11 is 0. The second-order valence-electron chi connectivity index (χ2n) is 5.14. The van der Waals surface area contributed by atoms with Gasteiger partial charge in [0.25, 0.3) is 5.69 Å². The summed E-state index contributed by atoms with van der Waals surface area (Å²) in [4.78, 5) is 28.6. The van der Waals surface area contributed by atoms with Crippen molar-refractivity contribution in [2.75, 3.05) is 6.54 Å². The highest BCUT2D eigenvalue weighted by atomic mass is 16.6. The fourth-order valence-electron chi connectivity index (χ4n) is 2.20. The van der Waals surface area contributed by atoms with Crippen molar-refractivity contribution in [2.24, 2.45) is 0 Å². The molecule has 0 spiro atoms. The van der Waals surface area contributed by atoms with E-state index in [9.17, 15) is 14.9 Å². The van der Waals surface area contributed by atoms with E-state index in [1.54, 1.807) is 36.5 Å². The summed E-state index contributed by atoms with van der Waals surface area (Å²) in [5.74, 6) is -0.334. The van der Waals surface area contributed by atoms with E-state index in [-0.39, 0.29) is 31.1 Å². The Labute approximate surface area is 145 Å². The molecule has 0 aliphatic carbocycles. The standard InChI is InChI=1S/C18H16N4O3/c19-11-5-13-21(14-16-7-3-4-12-20-16)18(23)10-9-15-6-1-2-8-17(15)22(24)25/h1-4,6-10,12H,5,13-14H2/b10-9-. The summed E-state index contributed by atoms with van der Waals surface area (Å²) in [5, 5.41) is 19.8. The van der Waals surface area contributed by atoms with Gasteiger partial charge in [-0.15, -0.1) is 0 Å². The van der Waals surface area contributed by atoms with Crippen LogP contribution < -0.4 is 0 Å². The summed E-state index contributed by atoms with van der Waals surface area (Å²) in [5.41, 5.74) is 0.978. The second-order valence-corrected chi connectivity index (χ2v) is 5.14. The average molecular weight is 336 g/mol. The Balaban J connectivity index is 2.16. The van der Waals surface area contributed by atoms with Crippen molar-refractivity contribution in [1.29, 1.82) is 5.26 Å². The number of hydrogen-bond donors (Lipinski definition) is 0. The van der Waals surface area contributed by atoms with Gasteiger partial charge in [-0.3, -0.25) is 19.9 Å². The van der Waals surface area contributed by atoms with Crippen molar-refractivity contribution in [3.8, 4) is 6.07 Å². The minimum atomic E-state index is -0.495. The van der Waals surface area contributed by atoms with Crippen LogP contribution in [0, 0.1) is 21.4 Å². The van der Waals surface area contributed by atoms with E-state index in [1.807, 2.05) is 12.1 Å². The molecule has 2 aromatic rings. The van der Waals surface area contributed by atoms with Crippen LogP contribution in [0.25, 0.3) is 6.08 Å². The van der Waals surface area contributed by atoms with E-state index in [0.29, 0.717) is 11.3 Å². The summed E-state index contributed by atoms with van der Waals surface area (Å²) in [6.07, 6.45) is 4.52. The Hall–Kier alpha value is -3.53. The number of nitrogens with zero attached hydrogens (tertiary/aromatic N) is 4. The first-order chi connectivity index (χ1) is 12.1. The van der Waals surface area contributed by atoms with Gasteiger partial charge in [0.15, 0.2) is 0 Å². The van der Waals surface area contributed by atoms with Gasteiger partial charge in [-0.05, 0) is 24.3 Å². The Morgan fingerprint density at radius 1 is 1.28 bits per heavy atom. The molecule has 0 aliphatic rings. The third kappa shape index (κ3) is 5.25. The molecule has 0 radical (unpaired) electrons. The van der Waals surface area contributed by atoms with E-state index >= 15 is 0 Å². The van der Waals surface area contributed by atoms with Gasteiger partial charge in [-0.25, -0.2) is 0 Å². The molecule has 0 bridgehead atoms. The first-order valence-electron chi connectivity index (χ1n) is 7.59. The van der Waals surface area contributed by atoms with E-state index in [2.05, 4.69) is 4.98 Å². The van der Waals surface area contributed by atoms with Crippen LogP contribution in [0.5, 0.6) is 0 Å². The number of aromatic nitrogens is 1. The molecule has 0 atom stereocenters. The average Bonchev–Trinajstić information content (AvgIpc) is 2.64. The molecule has 0 unspecified atom stereocenters. The van der Waals surface area contributed by atoms with Gasteiger partial charge in [0.2, 0.25) is 5.91 Å². The van der Waals surface area contributed by atoms with E-state index < -0.39 is 4.92 Å². The monoisotopic (exact) mass is 336 g/mol. The number of para-hydroxylation sites is 1. The number of nitriles is 1. The normalized spacial score (nSPS) is 10.4. The van der Waals surface area contributed by atoms with Crippen molar-refractivity contribution in [1.82, 2.24) is 9.88 Å². The number of pyridine rings is 1. The second kappa shape index (κ2) is 8.93. The number of benzene rings is 1. The molecule has 25 heavy (non-hydrogen) atoms. The van der Waals surface area contributed by atoms with Gasteiger partial charge in [0.1, 0.15) is 0 Å². The van der Waals surface area contributed by atoms with Gasteiger partial charge in [0.05, 0.1) is 35.2 Å². The van der Waals surface area contributed by atoms with E-state index in [4.69, 9.17) is 5.26 Å². The highest BCUT2D eigenvalue weighted by Gasteiger charge is 2.14. The Morgan fingerprint density at radius 3 is 2.72 bits per heavy atom. The molecular formula is C18H16N4O3. The number of amides is 1. The predicted molar refractivity (Wildman–Crippen MR) is 92.0 cm³/mol. The first kappa shape index (κ1) is 17.8. The first-order valence-corrected chi connectivity index (χ1v) is 7.59. The molecule has 1 amide bonds. The topological polar surface area (TPSA) is 100 Å². The maximum Gasteiger partial charge on any atom is 0.276 e. The number of hydrogen-bond acceptors (Lipinski definition) is 5. The smallest absolute Gasteiger partial charge is 0.276 e. The zero-order valence-corrected chi connectivity index (χ0v) is 13.4. The summed E-state index contributed by atoms with van der Waals surface area (Å²) < 4.78 is 0. The molecule has 0 N–H and O–H groups in total. The molecular weight excluding hydrogens is 320 g/mol. The highest BCUT2D eigenvalue weighted by Crippen LogP contribution is 2.19. The lowest BCUT2D eigenvalue weighted by molar-refractivity contribution is -0.385. The lowest BCUT2D eigenvalue weighted by Gasteiger charge is -2.19. The van der Waals surface area contributed by atoms with Gasteiger partial charge in [-0.1, -0.05) is 18.2 Å². The minimum Gasteiger partial charge on any atom is -0.332 e. The number of rotatable bonds is 7. The van der Waals surface area contributed by atoms with Crippen molar-refractivity contribution >= 4 is 17.7 Å². The SMILES string of the molecule is N#CCCN(Cc1ccccn1)C(=O)/C=C\c1ccccc1[N+](=O)[O-]. The number of carbonyl (C=O) groups is 1. The van der Waals surface area contributed by atoms with Crippen molar-refractivity contribution < 1.29 is 9.72 Å². The van der Waals surface area contributed by atoms with Crippen molar-refractivity contribution in [2.45, 2.75) is 13.0 Å². The fraction of sp³-hybridized carbons (Fsp3) is 0.167. The minimum absolute atomic E-state index is 0.0696. The highest BCUT2D eigenvalue weighted by molar-refractivity contribution is 5.92. The molecule has 7 heteroatoms. The summed E-state index contributed by atoms with van der Waals surface area (Å²) in [7, 11) is 0. The number of nitro benzene ring substituents is 1.